The van der Waals surface area contributed by atoms with E-state index in [4.69, 9.17) is 9.47 Å². The lowest BCUT2D eigenvalue weighted by Gasteiger charge is -2.23. The SMILES string of the molecule is Cc1cccc(C)c1C(=O)c1ccc(Oc2ccccc2)c(P(C)(=O)C(=O)c2ccccc2)c1Oc1ccccc1. The molecule has 204 valence electrons. The van der Waals surface area contributed by atoms with Crippen LogP contribution in [0.25, 0.3) is 0 Å². The third-order valence-corrected chi connectivity index (χ3v) is 9.13. The van der Waals surface area contributed by atoms with Crippen molar-refractivity contribution in [3.8, 4) is 23.0 Å². The van der Waals surface area contributed by atoms with Gasteiger partial charge in [-0.3, -0.25) is 9.59 Å². The third kappa shape index (κ3) is 5.77. The van der Waals surface area contributed by atoms with Crippen LogP contribution in [0.3, 0.4) is 0 Å². The Hall–Kier alpha value is -4.73. The molecular weight excluding hydrogens is 531 g/mol. The molecule has 0 N–H and O–H groups in total. The van der Waals surface area contributed by atoms with Crippen LogP contribution in [0.4, 0.5) is 0 Å². The predicted octanol–water partition coefficient (Wildman–Crippen LogP) is 8.58. The van der Waals surface area contributed by atoms with E-state index in [0.29, 0.717) is 22.6 Å². The molecule has 0 aliphatic heterocycles. The van der Waals surface area contributed by atoms with Crippen molar-refractivity contribution in [2.45, 2.75) is 13.8 Å². The molecule has 0 radical (unpaired) electrons. The summed E-state index contributed by atoms with van der Waals surface area (Å²) in [4.78, 5) is 28.1. The second kappa shape index (κ2) is 11.8. The van der Waals surface area contributed by atoms with Gasteiger partial charge in [-0.15, -0.1) is 0 Å². The first-order valence-corrected chi connectivity index (χ1v) is 15.3. The molecule has 5 aromatic carbocycles. The summed E-state index contributed by atoms with van der Waals surface area (Å²) in [5.41, 5.74) is 2.03. The molecule has 0 aliphatic rings. The van der Waals surface area contributed by atoms with Crippen molar-refractivity contribution in [1.82, 2.24) is 0 Å². The largest absolute Gasteiger partial charge is 0.456 e. The molecule has 6 heteroatoms. The van der Waals surface area contributed by atoms with Gasteiger partial charge in [-0.05, 0) is 61.4 Å². The van der Waals surface area contributed by atoms with Crippen molar-refractivity contribution in [3.63, 3.8) is 0 Å². The van der Waals surface area contributed by atoms with Crippen LogP contribution < -0.4 is 14.8 Å². The molecule has 0 heterocycles. The third-order valence-electron chi connectivity index (χ3n) is 6.82. The summed E-state index contributed by atoms with van der Waals surface area (Å²) in [6.45, 7) is 5.14. The molecule has 0 aliphatic carbocycles. The van der Waals surface area contributed by atoms with E-state index in [1.54, 1.807) is 78.9 Å². The molecule has 5 rings (SSSR count). The quantitative estimate of drug-likeness (QED) is 0.133. The molecule has 0 saturated carbocycles. The average molecular weight is 561 g/mol. The van der Waals surface area contributed by atoms with Gasteiger partial charge < -0.3 is 14.0 Å². The number of aryl methyl sites for hydroxylation is 2. The summed E-state index contributed by atoms with van der Waals surface area (Å²) in [6, 6.07) is 35.2. The van der Waals surface area contributed by atoms with Crippen molar-refractivity contribution >= 4 is 23.8 Å². The first-order chi connectivity index (χ1) is 19.8. The number of carbonyl (C=O) groups is 2. The van der Waals surface area contributed by atoms with E-state index in [2.05, 4.69) is 0 Å². The van der Waals surface area contributed by atoms with Crippen molar-refractivity contribution in [2.24, 2.45) is 0 Å². The summed E-state index contributed by atoms with van der Waals surface area (Å²) < 4.78 is 27.4. The molecule has 0 spiro atoms. The number of ether oxygens (including phenoxy) is 2. The molecular formula is C35H29O5P. The zero-order chi connectivity index (χ0) is 29.0. The number of para-hydroxylation sites is 2. The molecule has 41 heavy (non-hydrogen) atoms. The van der Waals surface area contributed by atoms with E-state index in [9.17, 15) is 14.2 Å². The van der Waals surface area contributed by atoms with E-state index in [1.165, 1.54) is 6.66 Å². The van der Waals surface area contributed by atoms with Gasteiger partial charge in [0.05, 0.1) is 5.56 Å². The smallest absolute Gasteiger partial charge is 0.225 e. The number of carbonyl (C=O) groups excluding carboxylic acids is 2. The molecule has 0 saturated heterocycles. The maximum Gasteiger partial charge on any atom is 0.225 e. The van der Waals surface area contributed by atoms with Gasteiger partial charge in [-0.1, -0.05) is 84.9 Å². The molecule has 1 unspecified atom stereocenters. The maximum atomic E-state index is 14.8. The second-order valence-electron chi connectivity index (χ2n) is 9.81. The number of benzene rings is 5. The minimum Gasteiger partial charge on any atom is -0.456 e. The van der Waals surface area contributed by atoms with Crippen LogP contribution in [-0.4, -0.2) is 18.0 Å². The molecule has 0 amide bonds. The molecule has 0 aromatic heterocycles. The number of ketones is 1. The van der Waals surface area contributed by atoms with E-state index >= 15 is 0 Å². The minimum atomic E-state index is -3.93. The summed E-state index contributed by atoms with van der Waals surface area (Å²) in [6.07, 6.45) is 0. The van der Waals surface area contributed by atoms with E-state index < -0.39 is 12.7 Å². The van der Waals surface area contributed by atoms with Gasteiger partial charge in [-0.2, -0.15) is 0 Å². The van der Waals surface area contributed by atoms with Gasteiger partial charge in [0, 0.05) is 17.8 Å². The fourth-order valence-electron chi connectivity index (χ4n) is 4.78. The molecule has 5 nitrogen and oxygen atoms in total. The maximum absolute atomic E-state index is 14.8. The van der Waals surface area contributed by atoms with Gasteiger partial charge in [0.25, 0.3) is 0 Å². The minimum absolute atomic E-state index is 0.0346. The summed E-state index contributed by atoms with van der Waals surface area (Å²) >= 11 is 0. The van der Waals surface area contributed by atoms with E-state index in [-0.39, 0.29) is 28.2 Å². The first kappa shape index (κ1) is 27.8. The normalized spacial score (nSPS) is 12.3. The monoisotopic (exact) mass is 560 g/mol. The van der Waals surface area contributed by atoms with Crippen LogP contribution in [0.15, 0.2) is 121 Å². The van der Waals surface area contributed by atoms with Crippen molar-refractivity contribution in [1.29, 1.82) is 0 Å². The highest BCUT2D eigenvalue weighted by Gasteiger charge is 2.38. The Kier molecular flexibility index (Phi) is 8.00. The molecule has 5 aromatic rings. The van der Waals surface area contributed by atoms with E-state index in [0.717, 1.165) is 11.1 Å². The lowest BCUT2D eigenvalue weighted by Crippen LogP contribution is -2.20. The van der Waals surface area contributed by atoms with Crippen LogP contribution in [0.2, 0.25) is 0 Å². The lowest BCUT2D eigenvalue weighted by atomic mass is 9.94. The number of hydrogen-bond acceptors (Lipinski definition) is 5. The van der Waals surface area contributed by atoms with Gasteiger partial charge in [0.15, 0.2) is 18.7 Å². The molecule has 1 atom stereocenters. The van der Waals surface area contributed by atoms with Crippen molar-refractivity contribution in [2.75, 3.05) is 6.66 Å². The van der Waals surface area contributed by atoms with Crippen LogP contribution in [0, 0.1) is 13.8 Å². The fraction of sp³-hybridized carbons (Fsp3) is 0.0857. The van der Waals surface area contributed by atoms with Crippen molar-refractivity contribution < 1.29 is 23.6 Å². The Balaban J connectivity index is 1.80. The van der Waals surface area contributed by atoms with Gasteiger partial charge >= 0.3 is 0 Å². The lowest BCUT2D eigenvalue weighted by molar-refractivity contribution is 0.103. The summed E-state index contributed by atoms with van der Waals surface area (Å²) in [5.74, 6) is 0.822. The van der Waals surface area contributed by atoms with Crippen LogP contribution in [-0.2, 0) is 4.57 Å². The Labute approximate surface area is 239 Å². The second-order valence-corrected chi connectivity index (χ2v) is 12.5. The van der Waals surface area contributed by atoms with Gasteiger partial charge in [-0.25, -0.2) is 0 Å². The van der Waals surface area contributed by atoms with Crippen LogP contribution in [0.1, 0.15) is 37.4 Å². The highest BCUT2D eigenvalue weighted by Crippen LogP contribution is 2.51. The zero-order valence-corrected chi connectivity index (χ0v) is 23.9. The highest BCUT2D eigenvalue weighted by molar-refractivity contribution is 7.87. The number of rotatable bonds is 9. The Bertz CT molecular complexity index is 1740. The summed E-state index contributed by atoms with van der Waals surface area (Å²) in [7, 11) is -3.93. The average Bonchev–Trinajstić information content (AvgIpc) is 2.98. The Morgan fingerprint density at radius 3 is 1.68 bits per heavy atom. The predicted molar refractivity (Wildman–Crippen MR) is 163 cm³/mol. The van der Waals surface area contributed by atoms with E-state index in [1.807, 2.05) is 56.3 Å². The highest BCUT2D eigenvalue weighted by atomic mass is 31.2. The van der Waals surface area contributed by atoms with Gasteiger partial charge in [0.2, 0.25) is 5.52 Å². The molecule has 0 fully saturated rings. The van der Waals surface area contributed by atoms with Crippen LogP contribution >= 0.6 is 7.14 Å². The Morgan fingerprint density at radius 2 is 1.12 bits per heavy atom. The summed E-state index contributed by atoms with van der Waals surface area (Å²) in [5, 5.41) is 0.0520. The first-order valence-electron chi connectivity index (χ1n) is 13.2. The topological polar surface area (TPSA) is 69.7 Å². The zero-order valence-electron chi connectivity index (χ0n) is 23.0. The van der Waals surface area contributed by atoms with Gasteiger partial charge in [0.1, 0.15) is 22.6 Å². The van der Waals surface area contributed by atoms with Crippen LogP contribution in [0.5, 0.6) is 23.0 Å². The molecule has 0 bridgehead atoms. The fourth-order valence-corrected chi connectivity index (χ4v) is 6.72. The number of hydrogen-bond donors (Lipinski definition) is 0. The Morgan fingerprint density at radius 1 is 0.610 bits per heavy atom. The van der Waals surface area contributed by atoms with Crippen molar-refractivity contribution in [3.05, 3.63) is 149 Å². The standard InChI is InChI=1S/C35H29O5P/c1-24-14-13-15-25(2)31(24)32(36)29-22-23-30(39-27-18-9-5-10-19-27)34(33(29)40-28-20-11-6-12-21-28)41(3,38)35(37)26-16-7-4-8-17-26/h4-23H,1-3H3.